The first-order valence-corrected chi connectivity index (χ1v) is 9.33. The van der Waals surface area contributed by atoms with E-state index >= 15 is 0 Å². The first-order chi connectivity index (χ1) is 12.3. The average molecular weight is 371 g/mol. The Bertz CT molecular complexity index is 886. The van der Waals surface area contributed by atoms with Crippen molar-refractivity contribution in [3.05, 3.63) is 40.4 Å². The van der Waals surface area contributed by atoms with Crippen molar-refractivity contribution in [2.45, 2.75) is 40.0 Å². The van der Waals surface area contributed by atoms with Gasteiger partial charge in [-0.05, 0) is 30.0 Å². The zero-order chi connectivity index (χ0) is 18.9. The van der Waals surface area contributed by atoms with Crippen LogP contribution < -0.4 is 10.6 Å². The van der Waals surface area contributed by atoms with Crippen molar-refractivity contribution in [1.29, 1.82) is 0 Å². The van der Waals surface area contributed by atoms with Crippen LogP contribution in [0.5, 0.6) is 0 Å². The smallest absolute Gasteiger partial charge is 0.257 e. The fraction of sp³-hybridized carbons (Fsp3) is 0.368. The second kappa shape index (κ2) is 6.99. The molecule has 1 aliphatic rings. The number of anilines is 2. The number of aromatic nitrogens is 1. The number of rotatable bonds is 4. The molecule has 0 spiro atoms. The summed E-state index contributed by atoms with van der Waals surface area (Å²) in [4.78, 5) is 41.3. The van der Waals surface area contributed by atoms with E-state index in [2.05, 4.69) is 15.6 Å². The molecule has 0 radical (unpaired) electrons. The van der Waals surface area contributed by atoms with Crippen LogP contribution in [-0.2, 0) is 11.2 Å². The lowest BCUT2D eigenvalue weighted by Gasteiger charge is -2.26. The Hall–Kier alpha value is -2.54. The van der Waals surface area contributed by atoms with Crippen LogP contribution in [0.15, 0.2) is 24.3 Å². The van der Waals surface area contributed by atoms with E-state index in [0.29, 0.717) is 34.1 Å². The minimum absolute atomic E-state index is 0.0820. The quantitative estimate of drug-likeness (QED) is 0.853. The summed E-state index contributed by atoms with van der Waals surface area (Å²) in [7, 11) is 0. The molecule has 0 saturated heterocycles. The van der Waals surface area contributed by atoms with E-state index in [9.17, 15) is 14.4 Å². The standard InChI is InChI=1S/C19H21N3O3S/c1-4-15(24)20-12-7-5-6-11(8-12)17(25)22-18-21-13-9-19(2,3)10-14(23)16(13)26-18/h5-8H,4,9-10H2,1-3H3,(H,20,24)(H,21,22,25). The van der Waals surface area contributed by atoms with Gasteiger partial charge in [0.2, 0.25) is 5.91 Å². The molecule has 1 aliphatic carbocycles. The van der Waals surface area contributed by atoms with Crippen molar-refractivity contribution < 1.29 is 14.4 Å². The van der Waals surface area contributed by atoms with Gasteiger partial charge in [-0.2, -0.15) is 0 Å². The van der Waals surface area contributed by atoms with Gasteiger partial charge in [0.05, 0.1) is 10.6 Å². The minimum Gasteiger partial charge on any atom is -0.326 e. The van der Waals surface area contributed by atoms with Crippen LogP contribution in [0.4, 0.5) is 10.8 Å². The van der Waals surface area contributed by atoms with E-state index in [4.69, 9.17) is 0 Å². The number of nitrogens with zero attached hydrogens (tertiary/aromatic N) is 1. The molecule has 0 aliphatic heterocycles. The van der Waals surface area contributed by atoms with Gasteiger partial charge in [-0.3, -0.25) is 19.7 Å². The number of carbonyl (C=O) groups is 3. The summed E-state index contributed by atoms with van der Waals surface area (Å²) in [5.74, 6) is -0.356. The van der Waals surface area contributed by atoms with Crippen molar-refractivity contribution in [2.24, 2.45) is 5.41 Å². The lowest BCUT2D eigenvalue weighted by molar-refractivity contribution is -0.115. The Kier molecular flexibility index (Phi) is 4.91. The van der Waals surface area contributed by atoms with Crippen LogP contribution in [0.1, 0.15) is 59.3 Å². The number of carbonyl (C=O) groups excluding carboxylic acids is 3. The van der Waals surface area contributed by atoms with Gasteiger partial charge in [0.15, 0.2) is 10.9 Å². The van der Waals surface area contributed by atoms with E-state index in [1.165, 1.54) is 11.3 Å². The number of nitrogens with one attached hydrogen (secondary N) is 2. The Balaban J connectivity index is 1.76. The number of ketones is 1. The first-order valence-electron chi connectivity index (χ1n) is 8.51. The van der Waals surface area contributed by atoms with Crippen molar-refractivity contribution in [2.75, 3.05) is 10.6 Å². The van der Waals surface area contributed by atoms with Crippen molar-refractivity contribution in [3.8, 4) is 0 Å². The highest BCUT2D eigenvalue weighted by Gasteiger charge is 2.34. The molecule has 2 amide bonds. The summed E-state index contributed by atoms with van der Waals surface area (Å²) in [6, 6.07) is 6.72. The summed E-state index contributed by atoms with van der Waals surface area (Å²) >= 11 is 1.22. The number of benzene rings is 1. The second-order valence-corrected chi connectivity index (χ2v) is 8.17. The van der Waals surface area contributed by atoms with Gasteiger partial charge in [-0.15, -0.1) is 0 Å². The monoisotopic (exact) mass is 371 g/mol. The zero-order valence-electron chi connectivity index (χ0n) is 15.0. The molecule has 6 nitrogen and oxygen atoms in total. The molecule has 26 heavy (non-hydrogen) atoms. The van der Waals surface area contributed by atoms with Crippen molar-refractivity contribution in [3.63, 3.8) is 0 Å². The van der Waals surface area contributed by atoms with Gasteiger partial charge in [0.1, 0.15) is 0 Å². The van der Waals surface area contributed by atoms with Gasteiger partial charge >= 0.3 is 0 Å². The highest BCUT2D eigenvalue weighted by atomic mass is 32.1. The van der Waals surface area contributed by atoms with Gasteiger partial charge < -0.3 is 5.32 Å². The molecule has 3 rings (SSSR count). The number of fused-ring (bicyclic) bond motifs is 1. The maximum Gasteiger partial charge on any atom is 0.257 e. The van der Waals surface area contributed by atoms with Gasteiger partial charge in [-0.25, -0.2) is 4.98 Å². The fourth-order valence-electron chi connectivity index (χ4n) is 2.93. The third-order valence-electron chi connectivity index (χ3n) is 4.19. The number of hydrogen-bond acceptors (Lipinski definition) is 5. The van der Waals surface area contributed by atoms with Crippen LogP contribution in [0.3, 0.4) is 0 Å². The van der Waals surface area contributed by atoms with Gasteiger partial charge in [0.25, 0.3) is 5.91 Å². The molecule has 136 valence electrons. The largest absolute Gasteiger partial charge is 0.326 e. The van der Waals surface area contributed by atoms with E-state index in [-0.39, 0.29) is 23.0 Å². The maximum absolute atomic E-state index is 12.5. The lowest BCUT2D eigenvalue weighted by atomic mass is 9.78. The highest BCUT2D eigenvalue weighted by molar-refractivity contribution is 7.17. The van der Waals surface area contributed by atoms with Crippen molar-refractivity contribution >= 4 is 39.8 Å². The van der Waals surface area contributed by atoms with Crippen LogP contribution in [0, 0.1) is 5.41 Å². The molecular formula is C19H21N3O3S. The molecule has 7 heteroatoms. The summed E-state index contributed by atoms with van der Waals surface area (Å²) in [5, 5.41) is 5.92. The van der Waals surface area contributed by atoms with Crippen LogP contribution in [-0.4, -0.2) is 22.6 Å². The second-order valence-electron chi connectivity index (χ2n) is 7.17. The molecule has 1 heterocycles. The topological polar surface area (TPSA) is 88.2 Å². The fourth-order valence-corrected chi connectivity index (χ4v) is 3.84. The molecule has 2 N–H and O–H groups in total. The average Bonchev–Trinajstić information content (AvgIpc) is 2.96. The molecule has 1 aromatic heterocycles. The number of hydrogen-bond donors (Lipinski definition) is 2. The minimum atomic E-state index is -0.324. The van der Waals surface area contributed by atoms with Crippen LogP contribution >= 0.6 is 11.3 Å². The maximum atomic E-state index is 12.5. The lowest BCUT2D eigenvalue weighted by Crippen LogP contribution is -2.26. The number of thiazole rings is 1. The van der Waals surface area contributed by atoms with Gasteiger partial charge in [-0.1, -0.05) is 38.2 Å². The molecule has 0 bridgehead atoms. The summed E-state index contributed by atoms with van der Waals surface area (Å²) < 4.78 is 0. The predicted octanol–water partition coefficient (Wildman–Crippen LogP) is 3.90. The Morgan fingerprint density at radius 1 is 1.23 bits per heavy atom. The SMILES string of the molecule is CCC(=O)Nc1cccc(C(=O)Nc2nc3c(s2)C(=O)CC(C)(C)C3)c1. The normalized spacial score (nSPS) is 15.3. The summed E-state index contributed by atoms with van der Waals surface area (Å²) in [6.07, 6.45) is 1.58. The third-order valence-corrected chi connectivity index (χ3v) is 5.24. The Morgan fingerprint density at radius 3 is 2.73 bits per heavy atom. The Morgan fingerprint density at radius 2 is 2.00 bits per heavy atom. The van der Waals surface area contributed by atoms with E-state index in [1.807, 2.05) is 13.8 Å². The van der Waals surface area contributed by atoms with E-state index in [0.717, 1.165) is 12.1 Å². The van der Waals surface area contributed by atoms with Crippen LogP contribution in [0.25, 0.3) is 0 Å². The van der Waals surface area contributed by atoms with E-state index in [1.54, 1.807) is 31.2 Å². The summed E-state index contributed by atoms with van der Waals surface area (Å²) in [5.41, 5.74) is 1.64. The molecule has 0 fully saturated rings. The Labute approximate surface area is 156 Å². The summed E-state index contributed by atoms with van der Waals surface area (Å²) in [6.45, 7) is 5.85. The predicted molar refractivity (Wildman–Crippen MR) is 102 cm³/mol. The number of Topliss-reactive ketones (excluding diaryl/α,β-unsaturated/α-hetero) is 1. The van der Waals surface area contributed by atoms with E-state index < -0.39 is 0 Å². The molecular weight excluding hydrogens is 350 g/mol. The number of amides is 2. The van der Waals surface area contributed by atoms with Gasteiger partial charge in [0, 0.05) is 24.1 Å². The zero-order valence-corrected chi connectivity index (χ0v) is 15.8. The molecule has 1 aromatic carbocycles. The molecule has 0 atom stereocenters. The molecule has 0 saturated carbocycles. The third kappa shape index (κ3) is 3.99. The highest BCUT2D eigenvalue weighted by Crippen LogP contribution is 2.38. The molecule has 0 unspecified atom stereocenters. The van der Waals surface area contributed by atoms with Crippen molar-refractivity contribution in [1.82, 2.24) is 4.98 Å². The molecule has 2 aromatic rings. The first kappa shape index (κ1) is 18.3. The van der Waals surface area contributed by atoms with Crippen LogP contribution in [0.2, 0.25) is 0 Å².